The predicted octanol–water partition coefficient (Wildman–Crippen LogP) is 4.52. The highest BCUT2D eigenvalue weighted by Gasteiger charge is 2.27. The molecule has 1 fully saturated rings. The molecule has 0 saturated carbocycles. The minimum atomic E-state index is -4.38. The Bertz CT molecular complexity index is 884. The summed E-state index contributed by atoms with van der Waals surface area (Å²) in [5.74, 6) is -0.558. The maximum atomic E-state index is 13.2. The van der Waals surface area contributed by atoms with E-state index in [-0.39, 0.29) is 18.3 Å². The molecule has 3 rings (SSSR count). The van der Waals surface area contributed by atoms with Gasteiger partial charge in [-0.1, -0.05) is 29.8 Å². The molecule has 0 aliphatic carbocycles. The quantitative estimate of drug-likeness (QED) is 0.614. The van der Waals surface area contributed by atoms with Crippen LogP contribution in [-0.2, 0) is 17.9 Å². The lowest BCUT2D eigenvalue weighted by molar-refractivity contribution is -0.176. The van der Waals surface area contributed by atoms with Crippen LogP contribution in [0.25, 0.3) is 0 Å². The molecule has 0 aromatic heterocycles. The van der Waals surface area contributed by atoms with Crippen molar-refractivity contribution in [1.29, 1.82) is 0 Å². The van der Waals surface area contributed by atoms with Gasteiger partial charge in [0.15, 0.2) is 0 Å². The molecule has 1 aliphatic heterocycles. The maximum absolute atomic E-state index is 13.2. The van der Waals surface area contributed by atoms with E-state index >= 15 is 0 Å². The third-order valence-corrected chi connectivity index (χ3v) is 5.13. The third-order valence-electron chi connectivity index (χ3n) is 4.78. The number of carbonyl (C=O) groups excluding carboxylic acids is 1. The molecule has 1 aliphatic rings. The Balaban J connectivity index is 1.53. The molecule has 4 nitrogen and oxygen atoms in total. The van der Waals surface area contributed by atoms with Gasteiger partial charge in [0, 0.05) is 43.3 Å². The third kappa shape index (κ3) is 6.42. The Morgan fingerprint density at radius 3 is 2.47 bits per heavy atom. The molecular weight excluding hydrogens is 424 g/mol. The van der Waals surface area contributed by atoms with Crippen molar-refractivity contribution in [1.82, 2.24) is 9.80 Å². The van der Waals surface area contributed by atoms with Crippen LogP contribution in [0.1, 0.15) is 21.5 Å². The van der Waals surface area contributed by atoms with Crippen molar-refractivity contribution in [2.45, 2.75) is 19.3 Å². The van der Waals surface area contributed by atoms with Crippen LogP contribution in [0.4, 0.5) is 17.6 Å². The Morgan fingerprint density at radius 1 is 1.07 bits per heavy atom. The van der Waals surface area contributed by atoms with Gasteiger partial charge in [0.05, 0.1) is 6.61 Å². The largest absolute Gasteiger partial charge is 0.411 e. The molecule has 162 valence electrons. The standard InChI is InChI=1S/C21H21ClF4N2O2/c22-19-11-18(23)5-4-17(19)12-27-6-8-28(9-7-27)20(29)16-3-1-2-15(10-16)13-30-14-21(24,25)26/h1-5,10-11H,6-9,12-14H2. The zero-order chi connectivity index (χ0) is 21.7. The molecule has 1 amide bonds. The van der Waals surface area contributed by atoms with Gasteiger partial charge < -0.3 is 9.64 Å². The number of hydrogen-bond donors (Lipinski definition) is 0. The number of ether oxygens (including phenoxy) is 1. The Morgan fingerprint density at radius 2 is 1.80 bits per heavy atom. The molecule has 0 bridgehead atoms. The summed E-state index contributed by atoms with van der Waals surface area (Å²) in [5, 5.41) is 0.373. The molecule has 30 heavy (non-hydrogen) atoms. The van der Waals surface area contributed by atoms with Crippen LogP contribution in [0, 0.1) is 5.82 Å². The van der Waals surface area contributed by atoms with Gasteiger partial charge in [-0.25, -0.2) is 4.39 Å². The van der Waals surface area contributed by atoms with Crippen molar-refractivity contribution in [3.63, 3.8) is 0 Å². The Kier molecular flexibility index (Phi) is 7.33. The van der Waals surface area contributed by atoms with Gasteiger partial charge in [0.2, 0.25) is 0 Å². The number of halogens is 5. The van der Waals surface area contributed by atoms with E-state index in [1.54, 1.807) is 35.2 Å². The van der Waals surface area contributed by atoms with Gasteiger partial charge in [-0.15, -0.1) is 0 Å². The fourth-order valence-corrected chi connectivity index (χ4v) is 3.49. The lowest BCUT2D eigenvalue weighted by Gasteiger charge is -2.35. The number of alkyl halides is 3. The van der Waals surface area contributed by atoms with Gasteiger partial charge in [-0.2, -0.15) is 13.2 Å². The highest BCUT2D eigenvalue weighted by molar-refractivity contribution is 6.31. The second-order valence-corrected chi connectivity index (χ2v) is 7.52. The van der Waals surface area contributed by atoms with Gasteiger partial charge in [-0.05, 0) is 35.4 Å². The summed E-state index contributed by atoms with van der Waals surface area (Å²) in [6.45, 7) is 1.30. The van der Waals surface area contributed by atoms with Gasteiger partial charge in [0.1, 0.15) is 12.4 Å². The first-order valence-electron chi connectivity index (χ1n) is 9.40. The molecule has 0 atom stereocenters. The van der Waals surface area contributed by atoms with Crippen molar-refractivity contribution < 1.29 is 27.1 Å². The summed E-state index contributed by atoms with van der Waals surface area (Å²) >= 11 is 6.08. The summed E-state index contributed by atoms with van der Waals surface area (Å²) in [5.41, 5.74) is 1.75. The number of rotatable bonds is 6. The second kappa shape index (κ2) is 9.76. The van der Waals surface area contributed by atoms with E-state index in [0.717, 1.165) is 5.56 Å². The lowest BCUT2D eigenvalue weighted by atomic mass is 10.1. The van der Waals surface area contributed by atoms with E-state index in [2.05, 4.69) is 9.64 Å². The molecule has 1 saturated heterocycles. The lowest BCUT2D eigenvalue weighted by Crippen LogP contribution is -2.48. The highest BCUT2D eigenvalue weighted by Crippen LogP contribution is 2.20. The van der Waals surface area contributed by atoms with E-state index in [0.29, 0.717) is 48.9 Å². The molecule has 0 unspecified atom stereocenters. The number of piperazine rings is 1. The van der Waals surface area contributed by atoms with Gasteiger partial charge in [-0.3, -0.25) is 9.69 Å². The topological polar surface area (TPSA) is 32.8 Å². The summed E-state index contributed by atoms with van der Waals surface area (Å²) < 4.78 is 54.4. The number of carbonyl (C=O) groups is 1. The minimum Gasteiger partial charge on any atom is -0.367 e. The van der Waals surface area contributed by atoms with Crippen molar-refractivity contribution in [3.8, 4) is 0 Å². The molecule has 2 aromatic carbocycles. The number of hydrogen-bond acceptors (Lipinski definition) is 3. The molecule has 0 N–H and O–H groups in total. The van der Waals surface area contributed by atoms with E-state index < -0.39 is 12.8 Å². The smallest absolute Gasteiger partial charge is 0.367 e. The van der Waals surface area contributed by atoms with Crippen LogP contribution in [0.15, 0.2) is 42.5 Å². The monoisotopic (exact) mass is 444 g/mol. The first-order valence-corrected chi connectivity index (χ1v) is 9.78. The normalized spacial score (nSPS) is 15.4. The van der Waals surface area contributed by atoms with Crippen LogP contribution < -0.4 is 0 Å². The van der Waals surface area contributed by atoms with E-state index in [9.17, 15) is 22.4 Å². The highest BCUT2D eigenvalue weighted by atomic mass is 35.5. The van der Waals surface area contributed by atoms with Crippen LogP contribution in [0.2, 0.25) is 5.02 Å². The predicted molar refractivity (Wildman–Crippen MR) is 105 cm³/mol. The molecule has 2 aromatic rings. The molecular formula is C21H21ClF4N2O2. The van der Waals surface area contributed by atoms with Crippen molar-refractivity contribution >= 4 is 17.5 Å². The molecule has 0 spiro atoms. The average Bonchev–Trinajstić information content (AvgIpc) is 2.69. The fraction of sp³-hybridized carbons (Fsp3) is 0.381. The van der Waals surface area contributed by atoms with Crippen LogP contribution in [0.5, 0.6) is 0 Å². The summed E-state index contributed by atoms with van der Waals surface area (Å²) in [6, 6.07) is 10.8. The summed E-state index contributed by atoms with van der Waals surface area (Å²) in [6.07, 6.45) is -4.38. The molecule has 0 radical (unpaired) electrons. The van der Waals surface area contributed by atoms with Crippen molar-refractivity contribution in [3.05, 3.63) is 70.0 Å². The Labute approximate surface area is 177 Å². The van der Waals surface area contributed by atoms with Crippen LogP contribution >= 0.6 is 11.6 Å². The van der Waals surface area contributed by atoms with E-state index in [4.69, 9.17) is 11.6 Å². The molecule has 1 heterocycles. The van der Waals surface area contributed by atoms with Crippen molar-refractivity contribution in [2.24, 2.45) is 0 Å². The number of nitrogens with zero attached hydrogens (tertiary/aromatic N) is 2. The summed E-state index contributed by atoms with van der Waals surface area (Å²) in [7, 11) is 0. The van der Waals surface area contributed by atoms with Crippen molar-refractivity contribution in [2.75, 3.05) is 32.8 Å². The average molecular weight is 445 g/mol. The summed E-state index contributed by atoms with van der Waals surface area (Å²) in [4.78, 5) is 16.6. The fourth-order valence-electron chi connectivity index (χ4n) is 3.26. The van der Waals surface area contributed by atoms with E-state index in [1.807, 2.05) is 0 Å². The van der Waals surface area contributed by atoms with Gasteiger partial charge >= 0.3 is 6.18 Å². The maximum Gasteiger partial charge on any atom is 0.411 e. The minimum absolute atomic E-state index is 0.174. The van der Waals surface area contributed by atoms with Crippen LogP contribution in [0.3, 0.4) is 0 Å². The number of amides is 1. The second-order valence-electron chi connectivity index (χ2n) is 7.11. The first kappa shape index (κ1) is 22.5. The van der Waals surface area contributed by atoms with Crippen LogP contribution in [-0.4, -0.2) is 54.7 Å². The zero-order valence-corrected chi connectivity index (χ0v) is 16.8. The Hall–Kier alpha value is -2.16. The first-order chi connectivity index (χ1) is 14.2. The zero-order valence-electron chi connectivity index (χ0n) is 16.1. The SMILES string of the molecule is O=C(c1cccc(COCC(F)(F)F)c1)N1CCN(Cc2ccc(F)cc2Cl)CC1. The van der Waals surface area contributed by atoms with Gasteiger partial charge in [0.25, 0.3) is 5.91 Å². The van der Waals surface area contributed by atoms with E-state index in [1.165, 1.54) is 12.1 Å². The number of benzene rings is 2. The molecule has 9 heteroatoms.